The minimum absolute atomic E-state index is 0.0592. The Balaban J connectivity index is 1.66. The van der Waals surface area contributed by atoms with Crippen LogP contribution in [-0.4, -0.2) is 34.2 Å². The van der Waals surface area contributed by atoms with Gasteiger partial charge in [-0.2, -0.15) is 0 Å². The van der Waals surface area contributed by atoms with Gasteiger partial charge in [-0.05, 0) is 80.9 Å². The molecule has 4 rings (SSSR count). The summed E-state index contributed by atoms with van der Waals surface area (Å²) in [7, 11) is 0. The maximum Gasteiger partial charge on any atom is 0.270 e. The molecule has 1 N–H and O–H groups in total. The Bertz CT molecular complexity index is 1050. The highest BCUT2D eigenvalue weighted by Crippen LogP contribution is 2.26. The summed E-state index contributed by atoms with van der Waals surface area (Å²) in [6, 6.07) is 9.19. The molecule has 0 radical (unpaired) electrons. The lowest BCUT2D eigenvalue weighted by Gasteiger charge is -2.29. The number of carbonyl (C=O) groups excluding carboxylic acids is 2. The number of aryl methyl sites for hydroxylation is 1. The molecule has 0 aliphatic carbocycles. The molecule has 2 fully saturated rings. The van der Waals surface area contributed by atoms with Crippen LogP contribution in [0.1, 0.15) is 29.8 Å². The summed E-state index contributed by atoms with van der Waals surface area (Å²) in [6.07, 6.45) is 4.00. The van der Waals surface area contributed by atoms with Crippen molar-refractivity contribution in [1.82, 2.24) is 9.88 Å². The van der Waals surface area contributed by atoms with E-state index in [-0.39, 0.29) is 16.8 Å². The van der Waals surface area contributed by atoms with E-state index in [4.69, 9.17) is 17.0 Å². The molecule has 8 heteroatoms. The van der Waals surface area contributed by atoms with Gasteiger partial charge in [-0.25, -0.2) is 0 Å². The normalized spacial score (nSPS) is 20.9. The average Bonchev–Trinajstić information content (AvgIpc) is 3.30. The molecule has 2 saturated heterocycles. The molecular formula is C22H22BrN3O3S. The molecule has 156 valence electrons. The maximum absolute atomic E-state index is 13.2. The summed E-state index contributed by atoms with van der Waals surface area (Å²) < 4.78 is 8.84. The summed E-state index contributed by atoms with van der Waals surface area (Å²) in [5, 5.41) is 2.71. The Morgan fingerprint density at radius 1 is 1.27 bits per heavy atom. The van der Waals surface area contributed by atoms with Gasteiger partial charge in [0.15, 0.2) is 5.11 Å². The number of aromatic nitrogens is 1. The second-order valence-electron chi connectivity index (χ2n) is 7.51. The van der Waals surface area contributed by atoms with Crippen molar-refractivity contribution < 1.29 is 14.3 Å². The van der Waals surface area contributed by atoms with Gasteiger partial charge in [-0.1, -0.05) is 15.9 Å². The Morgan fingerprint density at radius 3 is 2.67 bits per heavy atom. The summed E-state index contributed by atoms with van der Waals surface area (Å²) in [6.45, 7) is 5.60. The van der Waals surface area contributed by atoms with Crippen molar-refractivity contribution in [1.29, 1.82) is 0 Å². The SMILES string of the molecule is Cc1cc(/C=C2\C(=O)NC(=S)N(c3ccc(Br)cc3)C2=O)c(C)n1C[C@@H]1CCCO1. The van der Waals surface area contributed by atoms with E-state index in [0.717, 1.165) is 47.4 Å². The number of halogens is 1. The van der Waals surface area contributed by atoms with E-state index in [2.05, 4.69) is 25.8 Å². The van der Waals surface area contributed by atoms with E-state index < -0.39 is 11.8 Å². The van der Waals surface area contributed by atoms with Crippen molar-refractivity contribution >= 4 is 56.8 Å². The lowest BCUT2D eigenvalue weighted by atomic mass is 10.1. The van der Waals surface area contributed by atoms with Crippen molar-refractivity contribution in [2.45, 2.75) is 39.3 Å². The zero-order chi connectivity index (χ0) is 21.4. The Labute approximate surface area is 189 Å². The Kier molecular flexibility index (Phi) is 5.90. The second kappa shape index (κ2) is 8.45. The predicted octanol–water partition coefficient (Wildman–Crippen LogP) is 3.88. The van der Waals surface area contributed by atoms with Gasteiger partial charge in [0.05, 0.1) is 11.8 Å². The standard InChI is InChI=1S/C22H22BrN3O3S/c1-13-10-15(14(2)25(13)12-18-4-3-9-29-18)11-19-20(27)24-22(30)26(21(19)28)17-7-5-16(23)6-8-17/h5-8,10-11,18H,3-4,9,12H2,1-2H3,(H,24,27,30)/b19-11+/t18-/m0/s1. The van der Waals surface area contributed by atoms with Crippen LogP contribution in [0.5, 0.6) is 0 Å². The summed E-state index contributed by atoms with van der Waals surface area (Å²) >= 11 is 8.65. The van der Waals surface area contributed by atoms with Crippen LogP contribution in [0.3, 0.4) is 0 Å². The van der Waals surface area contributed by atoms with Gasteiger partial charge in [0.1, 0.15) is 5.57 Å². The number of nitrogens with one attached hydrogen (secondary N) is 1. The molecule has 3 heterocycles. The van der Waals surface area contributed by atoms with Crippen LogP contribution in [0.15, 0.2) is 40.4 Å². The number of nitrogens with zero attached hydrogens (tertiary/aromatic N) is 2. The fourth-order valence-electron chi connectivity index (χ4n) is 3.88. The second-order valence-corrected chi connectivity index (χ2v) is 8.81. The number of ether oxygens (including phenoxy) is 1. The van der Waals surface area contributed by atoms with Gasteiger partial charge < -0.3 is 9.30 Å². The minimum atomic E-state index is -0.484. The van der Waals surface area contributed by atoms with E-state index in [0.29, 0.717) is 5.69 Å². The highest BCUT2D eigenvalue weighted by Gasteiger charge is 2.34. The lowest BCUT2D eigenvalue weighted by Crippen LogP contribution is -2.54. The van der Waals surface area contributed by atoms with E-state index in [1.165, 1.54) is 4.90 Å². The number of amides is 2. The first-order valence-corrected chi connectivity index (χ1v) is 11.0. The van der Waals surface area contributed by atoms with E-state index in [9.17, 15) is 9.59 Å². The Hall–Kier alpha value is -2.29. The summed E-state index contributed by atoms with van der Waals surface area (Å²) in [4.78, 5) is 27.1. The zero-order valence-electron chi connectivity index (χ0n) is 16.8. The molecule has 2 amide bonds. The third-order valence-corrected chi connectivity index (χ3v) is 6.32. The summed E-state index contributed by atoms with van der Waals surface area (Å²) in [5.74, 6) is -0.919. The van der Waals surface area contributed by atoms with E-state index in [1.54, 1.807) is 18.2 Å². The zero-order valence-corrected chi connectivity index (χ0v) is 19.2. The molecule has 30 heavy (non-hydrogen) atoms. The van der Waals surface area contributed by atoms with Gasteiger partial charge in [-0.3, -0.25) is 19.8 Å². The topological polar surface area (TPSA) is 63.6 Å². The first kappa shape index (κ1) is 21.0. The third kappa shape index (κ3) is 3.99. The monoisotopic (exact) mass is 487 g/mol. The van der Waals surface area contributed by atoms with Gasteiger partial charge >= 0.3 is 0 Å². The molecule has 0 spiro atoms. The predicted molar refractivity (Wildman–Crippen MR) is 123 cm³/mol. The smallest absolute Gasteiger partial charge is 0.270 e. The molecule has 2 aliphatic rings. The van der Waals surface area contributed by atoms with Gasteiger partial charge in [0.25, 0.3) is 11.8 Å². The fourth-order valence-corrected chi connectivity index (χ4v) is 4.43. The van der Waals surface area contributed by atoms with Crippen molar-refractivity contribution in [2.75, 3.05) is 11.5 Å². The van der Waals surface area contributed by atoms with E-state index in [1.807, 2.05) is 32.0 Å². The molecule has 2 aliphatic heterocycles. The van der Waals surface area contributed by atoms with Gasteiger partial charge in [-0.15, -0.1) is 0 Å². The van der Waals surface area contributed by atoms with Crippen LogP contribution in [0.25, 0.3) is 6.08 Å². The fraction of sp³-hybridized carbons (Fsp3) is 0.318. The third-order valence-electron chi connectivity index (χ3n) is 5.51. The minimum Gasteiger partial charge on any atom is -0.376 e. The number of hydrogen-bond acceptors (Lipinski definition) is 4. The first-order chi connectivity index (χ1) is 14.3. The number of carbonyl (C=O) groups is 2. The highest BCUT2D eigenvalue weighted by atomic mass is 79.9. The number of anilines is 1. The van der Waals surface area contributed by atoms with Crippen LogP contribution in [0.2, 0.25) is 0 Å². The molecule has 6 nitrogen and oxygen atoms in total. The molecule has 1 aromatic carbocycles. The number of rotatable bonds is 4. The lowest BCUT2D eigenvalue weighted by molar-refractivity contribution is -0.122. The summed E-state index contributed by atoms with van der Waals surface area (Å²) in [5.41, 5.74) is 3.57. The van der Waals surface area contributed by atoms with Crippen molar-refractivity contribution in [3.8, 4) is 0 Å². The van der Waals surface area contributed by atoms with Crippen LogP contribution >= 0.6 is 28.1 Å². The molecular weight excluding hydrogens is 466 g/mol. The molecule has 0 bridgehead atoms. The van der Waals surface area contributed by atoms with Crippen LogP contribution in [-0.2, 0) is 20.9 Å². The van der Waals surface area contributed by atoms with Gasteiger partial charge in [0, 0.05) is 29.0 Å². The average molecular weight is 488 g/mol. The van der Waals surface area contributed by atoms with Crippen LogP contribution in [0.4, 0.5) is 5.69 Å². The van der Waals surface area contributed by atoms with Crippen LogP contribution < -0.4 is 10.2 Å². The molecule has 1 atom stereocenters. The molecule has 0 saturated carbocycles. The number of hydrogen-bond donors (Lipinski definition) is 1. The molecule has 1 aromatic heterocycles. The first-order valence-electron chi connectivity index (χ1n) is 9.80. The van der Waals surface area contributed by atoms with Crippen molar-refractivity contribution in [3.63, 3.8) is 0 Å². The Morgan fingerprint density at radius 2 is 2.00 bits per heavy atom. The quantitative estimate of drug-likeness (QED) is 0.403. The largest absolute Gasteiger partial charge is 0.376 e. The maximum atomic E-state index is 13.2. The van der Waals surface area contributed by atoms with Crippen molar-refractivity contribution in [3.05, 3.63) is 57.3 Å². The molecule has 0 unspecified atom stereocenters. The van der Waals surface area contributed by atoms with Crippen LogP contribution in [0, 0.1) is 13.8 Å². The molecule has 2 aromatic rings. The highest BCUT2D eigenvalue weighted by molar-refractivity contribution is 9.10. The van der Waals surface area contributed by atoms with Crippen molar-refractivity contribution in [2.24, 2.45) is 0 Å². The number of benzene rings is 1. The number of thiocarbonyl (C=S) groups is 1. The van der Waals surface area contributed by atoms with Gasteiger partial charge in [0.2, 0.25) is 0 Å². The van der Waals surface area contributed by atoms with E-state index >= 15 is 0 Å².